The molecule has 116 valence electrons. The molecule has 0 radical (unpaired) electrons. The molecule has 1 saturated heterocycles. The third kappa shape index (κ3) is 3.27. The summed E-state index contributed by atoms with van der Waals surface area (Å²) in [5.41, 5.74) is 0.419. The number of rotatable bonds is 2. The van der Waals surface area contributed by atoms with E-state index < -0.39 is 0 Å². The van der Waals surface area contributed by atoms with Crippen molar-refractivity contribution in [1.29, 1.82) is 0 Å². The molecule has 1 aromatic rings. The minimum absolute atomic E-state index is 0.0962. The Bertz CT molecular complexity index is 485. The maximum atomic E-state index is 9.82. The van der Waals surface area contributed by atoms with Gasteiger partial charge < -0.3 is 10.0 Å². The Labute approximate surface area is 135 Å². The highest BCUT2D eigenvalue weighted by atomic mass is 35.5. The van der Waals surface area contributed by atoms with Gasteiger partial charge in [-0.1, -0.05) is 30.9 Å². The summed E-state index contributed by atoms with van der Waals surface area (Å²) in [5.74, 6) is 0.727. The molecule has 2 heterocycles. The van der Waals surface area contributed by atoms with Crippen LogP contribution in [-0.2, 0) is 0 Å². The molecular formula is C15H21Cl2N3O. The second kappa shape index (κ2) is 6.27. The van der Waals surface area contributed by atoms with Crippen LogP contribution in [0.3, 0.4) is 0 Å². The van der Waals surface area contributed by atoms with Crippen molar-refractivity contribution >= 4 is 29.0 Å². The van der Waals surface area contributed by atoms with E-state index in [2.05, 4.69) is 14.9 Å². The molecule has 0 amide bonds. The Hall–Kier alpha value is -0.580. The lowest BCUT2D eigenvalue weighted by molar-refractivity contribution is 0.0990. The van der Waals surface area contributed by atoms with E-state index in [4.69, 9.17) is 23.2 Å². The molecule has 1 N–H and O–H groups in total. The van der Waals surface area contributed by atoms with Crippen molar-refractivity contribution in [2.75, 3.05) is 18.1 Å². The molecule has 1 aliphatic heterocycles. The summed E-state index contributed by atoms with van der Waals surface area (Å²) < 4.78 is 0. The quantitative estimate of drug-likeness (QED) is 0.664. The Kier molecular flexibility index (Phi) is 4.57. The van der Waals surface area contributed by atoms with Crippen LogP contribution in [0.4, 0.5) is 5.82 Å². The van der Waals surface area contributed by atoms with Gasteiger partial charge >= 0.3 is 0 Å². The first-order valence-corrected chi connectivity index (χ1v) is 8.45. The molecule has 0 bridgehead atoms. The summed E-state index contributed by atoms with van der Waals surface area (Å²) in [6, 6.07) is 1.83. The van der Waals surface area contributed by atoms with Crippen LogP contribution >= 0.6 is 23.2 Å². The SMILES string of the molecule is OCC1CC2(CCCCC2)CCN1c1cc(Cl)nc(Cl)n1. The Morgan fingerprint density at radius 2 is 1.95 bits per heavy atom. The summed E-state index contributed by atoms with van der Waals surface area (Å²) in [6.07, 6.45) is 8.77. The van der Waals surface area contributed by atoms with E-state index >= 15 is 0 Å². The van der Waals surface area contributed by atoms with Gasteiger partial charge in [0.2, 0.25) is 5.28 Å². The monoisotopic (exact) mass is 329 g/mol. The number of halogens is 2. The van der Waals surface area contributed by atoms with Gasteiger partial charge in [0, 0.05) is 12.6 Å². The molecule has 3 rings (SSSR count). The van der Waals surface area contributed by atoms with Crippen LogP contribution in [0.1, 0.15) is 44.9 Å². The predicted molar refractivity (Wildman–Crippen MR) is 85.0 cm³/mol. The molecule has 1 aromatic heterocycles. The van der Waals surface area contributed by atoms with Crippen molar-refractivity contribution in [3.63, 3.8) is 0 Å². The smallest absolute Gasteiger partial charge is 0.225 e. The molecule has 1 spiro atoms. The second-order valence-electron chi connectivity index (χ2n) is 6.36. The zero-order valence-electron chi connectivity index (χ0n) is 12.1. The van der Waals surface area contributed by atoms with Crippen molar-refractivity contribution in [3.8, 4) is 0 Å². The van der Waals surface area contributed by atoms with Crippen LogP contribution in [-0.4, -0.2) is 34.3 Å². The first kappa shape index (κ1) is 15.3. The average molecular weight is 330 g/mol. The van der Waals surface area contributed by atoms with E-state index in [9.17, 15) is 5.11 Å². The normalized spacial score (nSPS) is 25.3. The van der Waals surface area contributed by atoms with Crippen LogP contribution in [0.25, 0.3) is 0 Å². The molecule has 21 heavy (non-hydrogen) atoms. The standard InChI is InChI=1S/C15H21Cl2N3O/c16-12-8-13(19-14(17)18-12)20-7-6-15(9-11(20)10-21)4-2-1-3-5-15/h8,11,21H,1-7,9-10H2. The molecule has 1 atom stereocenters. The number of aliphatic hydroxyl groups is 1. The fourth-order valence-electron chi connectivity index (χ4n) is 4.00. The van der Waals surface area contributed by atoms with Crippen LogP contribution in [0.5, 0.6) is 0 Å². The average Bonchev–Trinajstić information content (AvgIpc) is 2.47. The van der Waals surface area contributed by atoms with Crippen LogP contribution < -0.4 is 4.90 Å². The summed E-state index contributed by atoms with van der Waals surface area (Å²) in [7, 11) is 0. The van der Waals surface area contributed by atoms with E-state index in [1.807, 2.05) is 0 Å². The third-order valence-corrected chi connectivity index (χ3v) is 5.43. The van der Waals surface area contributed by atoms with Gasteiger partial charge in [-0.15, -0.1) is 0 Å². The van der Waals surface area contributed by atoms with E-state index in [0.717, 1.165) is 25.2 Å². The summed E-state index contributed by atoms with van der Waals surface area (Å²) in [5, 5.41) is 10.3. The minimum Gasteiger partial charge on any atom is -0.394 e. The van der Waals surface area contributed by atoms with Gasteiger partial charge in [0.05, 0.1) is 12.6 Å². The van der Waals surface area contributed by atoms with E-state index in [-0.39, 0.29) is 17.9 Å². The summed E-state index contributed by atoms with van der Waals surface area (Å²) in [6.45, 7) is 1.04. The highest BCUT2D eigenvalue weighted by Gasteiger charge is 2.40. The zero-order chi connectivity index (χ0) is 14.9. The van der Waals surface area contributed by atoms with Crippen molar-refractivity contribution in [2.45, 2.75) is 51.0 Å². The molecular weight excluding hydrogens is 309 g/mol. The number of hydrogen-bond acceptors (Lipinski definition) is 4. The Balaban J connectivity index is 1.81. The fourth-order valence-corrected chi connectivity index (χ4v) is 4.40. The zero-order valence-corrected chi connectivity index (χ0v) is 13.6. The van der Waals surface area contributed by atoms with Crippen molar-refractivity contribution < 1.29 is 5.11 Å². The van der Waals surface area contributed by atoms with E-state index in [0.29, 0.717) is 10.6 Å². The molecule has 2 fully saturated rings. The Morgan fingerprint density at radius 1 is 1.19 bits per heavy atom. The maximum Gasteiger partial charge on any atom is 0.225 e. The second-order valence-corrected chi connectivity index (χ2v) is 7.09. The number of anilines is 1. The van der Waals surface area contributed by atoms with Gasteiger partial charge in [0.1, 0.15) is 11.0 Å². The van der Waals surface area contributed by atoms with E-state index in [1.54, 1.807) is 6.07 Å². The minimum atomic E-state index is 0.0962. The number of nitrogens with zero attached hydrogens (tertiary/aromatic N) is 3. The molecule has 6 heteroatoms. The van der Waals surface area contributed by atoms with E-state index in [1.165, 1.54) is 32.1 Å². The molecule has 2 aliphatic rings. The lowest BCUT2D eigenvalue weighted by Crippen LogP contribution is -2.50. The van der Waals surface area contributed by atoms with Crippen molar-refractivity contribution in [2.24, 2.45) is 5.41 Å². The Morgan fingerprint density at radius 3 is 2.62 bits per heavy atom. The van der Waals surface area contributed by atoms with Gasteiger partial charge in [-0.25, -0.2) is 9.97 Å². The number of hydrogen-bond donors (Lipinski definition) is 1. The predicted octanol–water partition coefficient (Wildman–Crippen LogP) is 3.70. The number of aromatic nitrogens is 2. The van der Waals surface area contributed by atoms with Gasteiger partial charge in [-0.2, -0.15) is 0 Å². The van der Waals surface area contributed by atoms with Crippen molar-refractivity contribution in [3.05, 3.63) is 16.5 Å². The lowest BCUT2D eigenvalue weighted by Gasteiger charge is -2.48. The third-order valence-electron chi connectivity index (χ3n) is 5.07. The van der Waals surface area contributed by atoms with Crippen LogP contribution in [0.15, 0.2) is 6.07 Å². The van der Waals surface area contributed by atoms with Gasteiger partial charge in [-0.05, 0) is 42.7 Å². The molecule has 1 unspecified atom stereocenters. The number of aliphatic hydroxyl groups excluding tert-OH is 1. The van der Waals surface area contributed by atoms with Gasteiger partial charge in [0.15, 0.2) is 0 Å². The first-order chi connectivity index (χ1) is 10.1. The molecule has 0 aromatic carbocycles. The maximum absolute atomic E-state index is 9.82. The fraction of sp³-hybridized carbons (Fsp3) is 0.733. The highest BCUT2D eigenvalue weighted by Crippen LogP contribution is 2.47. The van der Waals surface area contributed by atoms with Gasteiger partial charge in [-0.3, -0.25) is 0 Å². The van der Waals surface area contributed by atoms with Crippen LogP contribution in [0.2, 0.25) is 10.4 Å². The molecule has 4 nitrogen and oxygen atoms in total. The van der Waals surface area contributed by atoms with Crippen molar-refractivity contribution in [1.82, 2.24) is 9.97 Å². The largest absolute Gasteiger partial charge is 0.394 e. The molecule has 1 saturated carbocycles. The first-order valence-electron chi connectivity index (χ1n) is 7.69. The highest BCUT2D eigenvalue weighted by molar-refractivity contribution is 6.32. The summed E-state index contributed by atoms with van der Waals surface area (Å²) in [4.78, 5) is 10.3. The van der Waals surface area contributed by atoms with Crippen LogP contribution in [0, 0.1) is 5.41 Å². The molecule has 1 aliphatic carbocycles. The summed E-state index contributed by atoms with van der Waals surface area (Å²) >= 11 is 11.9. The number of piperidine rings is 1. The topological polar surface area (TPSA) is 49.2 Å². The van der Waals surface area contributed by atoms with Gasteiger partial charge in [0.25, 0.3) is 0 Å². The lowest BCUT2D eigenvalue weighted by atomic mass is 9.66.